The number of halogens is 1. The largest absolute Gasteiger partial charge is 0.326 e. The second-order valence-electron chi connectivity index (χ2n) is 7.66. The van der Waals surface area contributed by atoms with E-state index in [-0.39, 0.29) is 17.8 Å². The average Bonchev–Trinajstić information content (AvgIpc) is 2.75. The number of pyridine rings is 1. The van der Waals surface area contributed by atoms with E-state index < -0.39 is 0 Å². The Morgan fingerprint density at radius 1 is 1.00 bits per heavy atom. The SMILES string of the molecule is Cc1cc(C)c2c(n1)SCCN2C(=O)Nc1ccc(C(=O)Nc2ccc(F)cc2C)cc1. The molecule has 8 heteroatoms. The maximum atomic E-state index is 13.3. The molecule has 32 heavy (non-hydrogen) atoms. The average molecular weight is 451 g/mol. The van der Waals surface area contributed by atoms with E-state index in [9.17, 15) is 14.0 Å². The monoisotopic (exact) mass is 450 g/mol. The van der Waals surface area contributed by atoms with Crippen LogP contribution in [-0.2, 0) is 0 Å². The fraction of sp³-hybridized carbons (Fsp3) is 0.208. The molecule has 0 atom stereocenters. The molecule has 2 N–H and O–H groups in total. The maximum Gasteiger partial charge on any atom is 0.326 e. The molecule has 1 aromatic heterocycles. The number of amides is 3. The normalized spacial score (nSPS) is 12.8. The van der Waals surface area contributed by atoms with Crippen LogP contribution < -0.4 is 15.5 Å². The predicted molar refractivity (Wildman–Crippen MR) is 126 cm³/mol. The molecule has 1 aliphatic heterocycles. The molecule has 164 valence electrons. The number of aryl methyl sites for hydroxylation is 3. The molecule has 0 fully saturated rings. The number of benzene rings is 2. The number of thioether (sulfide) groups is 1. The van der Waals surface area contributed by atoms with Gasteiger partial charge in [0.15, 0.2) is 0 Å². The third-order valence-corrected chi connectivity index (χ3v) is 6.13. The number of carbonyl (C=O) groups excluding carboxylic acids is 2. The van der Waals surface area contributed by atoms with Gasteiger partial charge in [0.1, 0.15) is 10.8 Å². The van der Waals surface area contributed by atoms with Crippen LogP contribution in [0.1, 0.15) is 27.2 Å². The fourth-order valence-electron chi connectivity index (χ4n) is 3.63. The van der Waals surface area contributed by atoms with Crippen molar-refractivity contribution in [2.24, 2.45) is 0 Å². The number of fused-ring (bicyclic) bond motifs is 1. The zero-order chi connectivity index (χ0) is 22.8. The lowest BCUT2D eigenvalue weighted by atomic mass is 10.1. The van der Waals surface area contributed by atoms with Crippen molar-refractivity contribution in [1.29, 1.82) is 0 Å². The Hall–Kier alpha value is -3.39. The van der Waals surface area contributed by atoms with E-state index in [1.807, 2.05) is 19.9 Å². The smallest absolute Gasteiger partial charge is 0.322 e. The lowest BCUT2D eigenvalue weighted by Crippen LogP contribution is -2.39. The molecule has 2 heterocycles. The van der Waals surface area contributed by atoms with Gasteiger partial charge in [-0.2, -0.15) is 0 Å². The quantitative estimate of drug-likeness (QED) is 0.549. The highest BCUT2D eigenvalue weighted by atomic mass is 32.2. The number of nitrogens with one attached hydrogen (secondary N) is 2. The highest BCUT2D eigenvalue weighted by Crippen LogP contribution is 2.36. The lowest BCUT2D eigenvalue weighted by Gasteiger charge is -2.30. The zero-order valence-electron chi connectivity index (χ0n) is 18.0. The van der Waals surface area contributed by atoms with Crippen molar-refractivity contribution in [3.05, 3.63) is 76.7 Å². The third-order valence-electron chi connectivity index (χ3n) is 5.18. The first-order chi connectivity index (χ1) is 15.3. The number of anilines is 3. The van der Waals surface area contributed by atoms with Gasteiger partial charge in [0.05, 0.1) is 5.69 Å². The molecule has 0 spiro atoms. The van der Waals surface area contributed by atoms with Gasteiger partial charge in [-0.25, -0.2) is 14.2 Å². The van der Waals surface area contributed by atoms with Gasteiger partial charge in [-0.05, 0) is 80.4 Å². The van der Waals surface area contributed by atoms with E-state index >= 15 is 0 Å². The first-order valence-electron chi connectivity index (χ1n) is 10.2. The molecule has 4 rings (SSSR count). The number of urea groups is 1. The van der Waals surface area contributed by atoms with E-state index in [0.29, 0.717) is 29.0 Å². The summed E-state index contributed by atoms with van der Waals surface area (Å²) < 4.78 is 13.3. The lowest BCUT2D eigenvalue weighted by molar-refractivity contribution is 0.102. The summed E-state index contributed by atoms with van der Waals surface area (Å²) in [7, 11) is 0. The zero-order valence-corrected chi connectivity index (χ0v) is 18.8. The summed E-state index contributed by atoms with van der Waals surface area (Å²) in [6.07, 6.45) is 0. The third kappa shape index (κ3) is 4.60. The summed E-state index contributed by atoms with van der Waals surface area (Å²) in [6, 6.07) is 12.6. The summed E-state index contributed by atoms with van der Waals surface area (Å²) in [4.78, 5) is 31.8. The first-order valence-corrected chi connectivity index (χ1v) is 11.2. The van der Waals surface area contributed by atoms with Crippen molar-refractivity contribution in [2.45, 2.75) is 25.8 Å². The van der Waals surface area contributed by atoms with Crippen LogP contribution in [0.2, 0.25) is 0 Å². The van der Waals surface area contributed by atoms with Crippen LogP contribution in [0.15, 0.2) is 53.6 Å². The van der Waals surface area contributed by atoms with Gasteiger partial charge in [-0.1, -0.05) is 0 Å². The molecule has 3 aromatic rings. The number of hydrogen-bond acceptors (Lipinski definition) is 4. The van der Waals surface area contributed by atoms with Crippen molar-refractivity contribution < 1.29 is 14.0 Å². The van der Waals surface area contributed by atoms with Gasteiger partial charge < -0.3 is 10.6 Å². The minimum atomic E-state index is -0.350. The minimum Gasteiger partial charge on any atom is -0.322 e. The molecule has 0 saturated heterocycles. The summed E-state index contributed by atoms with van der Waals surface area (Å²) in [5.74, 6) is 0.117. The Balaban J connectivity index is 1.45. The van der Waals surface area contributed by atoms with E-state index in [2.05, 4.69) is 15.6 Å². The Morgan fingerprint density at radius 2 is 1.75 bits per heavy atom. The van der Waals surface area contributed by atoms with Crippen LogP contribution >= 0.6 is 11.8 Å². The van der Waals surface area contributed by atoms with E-state index in [0.717, 1.165) is 27.7 Å². The standard InChI is InChI=1S/C24H23FN4O2S/c1-14-13-18(25)6-9-20(14)28-22(30)17-4-7-19(8-5-17)27-24(31)29-10-11-32-23-21(29)15(2)12-16(3)26-23/h4-9,12-13H,10-11H2,1-3H3,(H,27,31)(H,28,30). The van der Waals surface area contributed by atoms with E-state index in [1.165, 1.54) is 18.2 Å². The first kappa shape index (κ1) is 21.8. The van der Waals surface area contributed by atoms with Crippen molar-refractivity contribution >= 4 is 40.8 Å². The molecule has 0 aliphatic carbocycles. The molecule has 2 aromatic carbocycles. The summed E-state index contributed by atoms with van der Waals surface area (Å²) in [5.41, 5.74) is 4.99. The molecule has 0 bridgehead atoms. The number of carbonyl (C=O) groups is 2. The van der Waals surface area contributed by atoms with E-state index in [4.69, 9.17) is 0 Å². The van der Waals surface area contributed by atoms with Gasteiger partial charge in [0.2, 0.25) is 0 Å². The van der Waals surface area contributed by atoms with Crippen LogP contribution in [0.5, 0.6) is 0 Å². The molecule has 6 nitrogen and oxygen atoms in total. The topological polar surface area (TPSA) is 74.3 Å². The number of nitrogens with zero attached hydrogens (tertiary/aromatic N) is 2. The van der Waals surface area contributed by atoms with Crippen LogP contribution in [0, 0.1) is 26.6 Å². The van der Waals surface area contributed by atoms with Gasteiger partial charge in [0, 0.05) is 34.9 Å². The molecular formula is C24H23FN4O2S. The van der Waals surface area contributed by atoms with Crippen molar-refractivity contribution in [3.63, 3.8) is 0 Å². The van der Waals surface area contributed by atoms with Gasteiger partial charge in [-0.15, -0.1) is 11.8 Å². The molecule has 1 aliphatic rings. The number of hydrogen-bond donors (Lipinski definition) is 2. The summed E-state index contributed by atoms with van der Waals surface area (Å²) in [5, 5.41) is 6.55. The van der Waals surface area contributed by atoms with Crippen molar-refractivity contribution in [2.75, 3.05) is 27.8 Å². The Kier molecular flexibility index (Phi) is 6.14. The highest BCUT2D eigenvalue weighted by molar-refractivity contribution is 7.99. The van der Waals surface area contributed by atoms with Gasteiger partial charge in [-0.3, -0.25) is 9.69 Å². The van der Waals surface area contributed by atoms with Crippen LogP contribution in [0.3, 0.4) is 0 Å². The van der Waals surface area contributed by atoms with Crippen molar-refractivity contribution in [1.82, 2.24) is 4.98 Å². The predicted octanol–water partition coefficient (Wildman–Crippen LogP) is 5.54. The number of rotatable bonds is 3. The molecular weight excluding hydrogens is 427 g/mol. The second kappa shape index (κ2) is 9.00. The molecule has 0 radical (unpaired) electrons. The Morgan fingerprint density at radius 3 is 2.47 bits per heavy atom. The molecule has 3 amide bonds. The minimum absolute atomic E-state index is 0.237. The van der Waals surface area contributed by atoms with Crippen LogP contribution in [0.4, 0.5) is 26.2 Å². The van der Waals surface area contributed by atoms with E-state index in [1.54, 1.807) is 47.9 Å². The van der Waals surface area contributed by atoms with Gasteiger partial charge >= 0.3 is 6.03 Å². The maximum absolute atomic E-state index is 13.3. The van der Waals surface area contributed by atoms with Crippen LogP contribution in [-0.4, -0.2) is 29.2 Å². The Labute approximate surface area is 190 Å². The Bertz CT molecular complexity index is 1200. The fourth-order valence-corrected chi connectivity index (χ4v) is 4.71. The summed E-state index contributed by atoms with van der Waals surface area (Å²) in [6.45, 7) is 6.25. The van der Waals surface area contributed by atoms with Gasteiger partial charge in [0.25, 0.3) is 5.91 Å². The summed E-state index contributed by atoms with van der Waals surface area (Å²) >= 11 is 1.65. The number of aromatic nitrogens is 1. The molecule has 0 saturated carbocycles. The van der Waals surface area contributed by atoms with Crippen LogP contribution in [0.25, 0.3) is 0 Å². The molecule has 0 unspecified atom stereocenters. The highest BCUT2D eigenvalue weighted by Gasteiger charge is 2.26. The van der Waals surface area contributed by atoms with Crippen molar-refractivity contribution in [3.8, 4) is 0 Å². The second-order valence-corrected chi connectivity index (χ2v) is 8.74.